The average molecular weight is 416 g/mol. The number of anilines is 2. The molecule has 1 heterocycles. The Morgan fingerprint density at radius 1 is 1.10 bits per heavy atom. The second kappa shape index (κ2) is 8.97. The van der Waals surface area contributed by atoms with E-state index in [9.17, 15) is 13.2 Å². The van der Waals surface area contributed by atoms with Crippen LogP contribution < -0.4 is 11.1 Å². The van der Waals surface area contributed by atoms with E-state index in [-0.39, 0.29) is 16.1 Å². The van der Waals surface area contributed by atoms with E-state index in [1.165, 1.54) is 12.1 Å². The lowest BCUT2D eigenvalue weighted by molar-refractivity contribution is 0.102. The van der Waals surface area contributed by atoms with Gasteiger partial charge in [0.05, 0.1) is 21.5 Å². The van der Waals surface area contributed by atoms with Gasteiger partial charge in [0.1, 0.15) is 0 Å². The number of nitrogen functional groups attached to an aromatic ring is 1. The largest absolute Gasteiger partial charge is 0.397 e. The highest BCUT2D eigenvalue weighted by molar-refractivity contribution is 7.92. The minimum atomic E-state index is -3.40. The third kappa shape index (κ3) is 5.16. The molecule has 6 nitrogen and oxygen atoms in total. The van der Waals surface area contributed by atoms with Gasteiger partial charge < -0.3 is 16.0 Å². The van der Waals surface area contributed by atoms with Gasteiger partial charge >= 0.3 is 0 Å². The van der Waals surface area contributed by atoms with E-state index >= 15 is 0 Å². The van der Waals surface area contributed by atoms with Gasteiger partial charge in [-0.05, 0) is 68.2 Å². The molecule has 1 saturated heterocycles. The van der Waals surface area contributed by atoms with Crippen LogP contribution in [-0.4, -0.2) is 44.1 Å². The Labute approximate surface area is 173 Å². The van der Waals surface area contributed by atoms with Gasteiger partial charge in [0.2, 0.25) is 0 Å². The van der Waals surface area contributed by atoms with Gasteiger partial charge in [-0.25, -0.2) is 8.42 Å². The molecule has 1 aliphatic heterocycles. The molecule has 2 aromatic carbocycles. The molecule has 0 aromatic heterocycles. The van der Waals surface area contributed by atoms with Crippen molar-refractivity contribution in [2.24, 2.45) is 5.92 Å². The summed E-state index contributed by atoms with van der Waals surface area (Å²) in [5.74, 6) is 0.252. The van der Waals surface area contributed by atoms with E-state index in [2.05, 4.69) is 24.1 Å². The Kier molecular flexibility index (Phi) is 6.59. The molecule has 0 bridgehead atoms. The first-order chi connectivity index (χ1) is 13.8. The van der Waals surface area contributed by atoms with Crippen LogP contribution >= 0.6 is 0 Å². The van der Waals surface area contributed by atoms with Crippen molar-refractivity contribution < 1.29 is 13.2 Å². The van der Waals surface area contributed by atoms with E-state index in [1.807, 2.05) is 0 Å². The van der Waals surface area contributed by atoms with Crippen molar-refractivity contribution in [1.29, 1.82) is 0 Å². The maximum Gasteiger partial charge on any atom is 0.255 e. The number of rotatable bonds is 6. The summed E-state index contributed by atoms with van der Waals surface area (Å²) in [6.45, 7) is 6.96. The number of sulfone groups is 1. The monoisotopic (exact) mass is 415 g/mol. The van der Waals surface area contributed by atoms with E-state index < -0.39 is 9.84 Å². The van der Waals surface area contributed by atoms with E-state index in [0.29, 0.717) is 35.7 Å². The van der Waals surface area contributed by atoms with Crippen molar-refractivity contribution in [3.8, 4) is 0 Å². The van der Waals surface area contributed by atoms with E-state index in [4.69, 9.17) is 5.73 Å². The number of carbonyl (C=O) groups is 1. The summed E-state index contributed by atoms with van der Waals surface area (Å²) >= 11 is 0. The topological polar surface area (TPSA) is 92.5 Å². The Hall–Kier alpha value is -2.38. The summed E-state index contributed by atoms with van der Waals surface area (Å²) in [5.41, 5.74) is 7.24. The predicted molar refractivity (Wildman–Crippen MR) is 117 cm³/mol. The molecule has 1 amide bonds. The molecule has 1 fully saturated rings. The first-order valence-electron chi connectivity index (χ1n) is 9.99. The minimum absolute atomic E-state index is 0.274. The van der Waals surface area contributed by atoms with Crippen LogP contribution in [-0.2, 0) is 9.84 Å². The third-order valence-electron chi connectivity index (χ3n) is 5.25. The summed E-state index contributed by atoms with van der Waals surface area (Å²) in [6.07, 6.45) is 1.29. The van der Waals surface area contributed by atoms with Crippen molar-refractivity contribution in [1.82, 2.24) is 4.90 Å². The molecule has 0 unspecified atom stereocenters. The minimum Gasteiger partial charge on any atom is -0.397 e. The second-order valence-electron chi connectivity index (χ2n) is 8.00. The van der Waals surface area contributed by atoms with Gasteiger partial charge in [-0.15, -0.1) is 0 Å². The first kappa shape index (κ1) is 21.3. The van der Waals surface area contributed by atoms with E-state index in [0.717, 1.165) is 19.6 Å². The maximum absolute atomic E-state index is 13.0. The lowest BCUT2D eigenvalue weighted by Gasteiger charge is -2.32. The quantitative estimate of drug-likeness (QED) is 0.705. The van der Waals surface area contributed by atoms with Gasteiger partial charge in [-0.2, -0.15) is 0 Å². The molecular weight excluding hydrogens is 386 g/mol. The number of carbonyl (C=O) groups excluding carboxylic acids is 1. The summed E-state index contributed by atoms with van der Waals surface area (Å²) in [6, 6.07) is 13.2. The molecular formula is C22H29N3O3S. The lowest BCUT2D eigenvalue weighted by atomic mass is 10.1. The third-order valence-corrected chi connectivity index (χ3v) is 7.53. The highest BCUT2D eigenvalue weighted by atomic mass is 32.2. The number of benzene rings is 2. The van der Waals surface area contributed by atoms with Crippen LogP contribution in [0.4, 0.5) is 11.4 Å². The maximum atomic E-state index is 13.0. The average Bonchev–Trinajstić information content (AvgIpc) is 2.70. The number of nitrogens with one attached hydrogen (secondary N) is 1. The van der Waals surface area contributed by atoms with Gasteiger partial charge in [0, 0.05) is 12.1 Å². The Morgan fingerprint density at radius 3 is 2.31 bits per heavy atom. The fraction of sp³-hybridized carbons (Fsp3) is 0.409. The zero-order valence-electron chi connectivity index (χ0n) is 17.0. The summed E-state index contributed by atoms with van der Waals surface area (Å²) in [7, 11) is -3.40. The Balaban J connectivity index is 1.66. The van der Waals surface area contributed by atoms with Gasteiger partial charge in [0.25, 0.3) is 5.91 Å². The number of amides is 1. The standard InChI is InChI=1S/C22H29N3O3S/c1-16(2)15-25-13-11-19(12-14-25)29(27,28)18-9-7-17(8-10-18)22(26)24-21-6-4-3-5-20(21)23/h3-10,16,19H,11-15,23H2,1-2H3,(H,24,26). The number of piperidine rings is 1. The molecule has 1 aliphatic rings. The zero-order valence-corrected chi connectivity index (χ0v) is 17.8. The van der Waals surface area contributed by atoms with Crippen molar-refractivity contribution in [3.05, 3.63) is 54.1 Å². The normalized spacial score (nSPS) is 16.1. The van der Waals surface area contributed by atoms with Crippen LogP contribution in [0.25, 0.3) is 0 Å². The highest BCUT2D eigenvalue weighted by Crippen LogP contribution is 2.26. The highest BCUT2D eigenvalue weighted by Gasteiger charge is 2.31. The number of nitrogens with two attached hydrogens (primary N) is 1. The number of likely N-dealkylation sites (tertiary alicyclic amines) is 1. The van der Waals surface area contributed by atoms with Crippen molar-refractivity contribution in [2.45, 2.75) is 36.8 Å². The molecule has 29 heavy (non-hydrogen) atoms. The van der Waals surface area contributed by atoms with E-state index in [1.54, 1.807) is 36.4 Å². The van der Waals surface area contributed by atoms with Gasteiger partial charge in [-0.1, -0.05) is 26.0 Å². The number of para-hydroxylation sites is 2. The van der Waals surface area contributed by atoms with Crippen molar-refractivity contribution in [2.75, 3.05) is 30.7 Å². The molecule has 0 radical (unpaired) electrons. The van der Waals surface area contributed by atoms with Crippen LogP contribution in [0.3, 0.4) is 0 Å². The SMILES string of the molecule is CC(C)CN1CCC(S(=O)(=O)c2ccc(C(=O)Nc3ccccc3N)cc2)CC1. The Bertz CT molecular complexity index is 948. The van der Waals surface area contributed by atoms with Gasteiger partial charge in [-0.3, -0.25) is 4.79 Å². The van der Waals surface area contributed by atoms with Gasteiger partial charge in [0.15, 0.2) is 9.84 Å². The first-order valence-corrected chi connectivity index (χ1v) is 11.5. The molecule has 0 aliphatic carbocycles. The van der Waals surface area contributed by atoms with Crippen LogP contribution in [0.1, 0.15) is 37.0 Å². The molecule has 0 spiro atoms. The van der Waals surface area contributed by atoms with Crippen LogP contribution in [0.15, 0.2) is 53.4 Å². The molecule has 3 rings (SSSR count). The molecule has 156 valence electrons. The summed E-state index contributed by atoms with van der Waals surface area (Å²) < 4.78 is 26.0. The van der Waals surface area contributed by atoms with Crippen LogP contribution in [0.5, 0.6) is 0 Å². The van der Waals surface area contributed by atoms with Crippen LogP contribution in [0, 0.1) is 5.92 Å². The molecule has 0 atom stereocenters. The summed E-state index contributed by atoms with van der Waals surface area (Å²) in [5, 5.41) is 2.38. The van der Waals surface area contributed by atoms with Crippen molar-refractivity contribution in [3.63, 3.8) is 0 Å². The fourth-order valence-corrected chi connectivity index (χ4v) is 5.44. The molecule has 2 aromatic rings. The van der Waals surface area contributed by atoms with Crippen molar-refractivity contribution >= 4 is 27.1 Å². The molecule has 7 heteroatoms. The number of hydrogen-bond acceptors (Lipinski definition) is 5. The fourth-order valence-electron chi connectivity index (χ4n) is 3.71. The molecule has 0 saturated carbocycles. The number of nitrogens with zero attached hydrogens (tertiary/aromatic N) is 1. The zero-order chi connectivity index (χ0) is 21.0. The van der Waals surface area contributed by atoms with Crippen LogP contribution in [0.2, 0.25) is 0 Å². The summed E-state index contributed by atoms with van der Waals surface area (Å²) in [4.78, 5) is 15.0. The number of hydrogen-bond donors (Lipinski definition) is 2. The predicted octanol–water partition coefficient (Wildman–Crippen LogP) is 3.42. The Morgan fingerprint density at radius 2 is 1.72 bits per heavy atom. The lowest BCUT2D eigenvalue weighted by Crippen LogP contribution is -2.40. The molecule has 3 N–H and O–H groups in total. The second-order valence-corrected chi connectivity index (χ2v) is 10.2. The smallest absolute Gasteiger partial charge is 0.255 e.